The molecule has 0 radical (unpaired) electrons. The van der Waals surface area contributed by atoms with Crippen molar-refractivity contribution in [1.29, 1.82) is 0 Å². The smallest absolute Gasteiger partial charge is 0.166 e. The van der Waals surface area contributed by atoms with Crippen LogP contribution in [0, 0.1) is 12.8 Å². The highest BCUT2D eigenvalue weighted by atomic mass is 16.5. The first-order chi connectivity index (χ1) is 15.5. The monoisotopic (exact) mass is 429 g/mol. The summed E-state index contributed by atoms with van der Waals surface area (Å²) in [6, 6.07) is 26.2. The molecule has 2 unspecified atom stereocenters. The van der Waals surface area contributed by atoms with Gasteiger partial charge in [0.05, 0.1) is 0 Å². The van der Waals surface area contributed by atoms with E-state index in [4.69, 9.17) is 4.74 Å². The first-order valence-electron chi connectivity index (χ1n) is 11.6. The van der Waals surface area contributed by atoms with Crippen LogP contribution in [0.15, 0.2) is 78.9 Å². The van der Waals surface area contributed by atoms with Gasteiger partial charge < -0.3 is 9.64 Å². The topological polar surface area (TPSA) is 29.5 Å². The Bertz CT molecular complexity index is 981. The molecule has 3 nitrogen and oxygen atoms in total. The average molecular weight is 430 g/mol. The fraction of sp³-hybridized carbons (Fsp3) is 0.345. The number of aryl methyl sites for hydroxylation is 1. The molecule has 0 bridgehead atoms. The first-order valence-corrected chi connectivity index (χ1v) is 11.6. The summed E-state index contributed by atoms with van der Waals surface area (Å²) in [6.07, 6.45) is 0. The van der Waals surface area contributed by atoms with Crippen LogP contribution in [0.4, 0.5) is 0 Å². The molecule has 3 aromatic carbocycles. The fourth-order valence-corrected chi connectivity index (χ4v) is 4.33. The third-order valence-corrected chi connectivity index (χ3v) is 6.28. The van der Waals surface area contributed by atoms with Gasteiger partial charge in [-0.05, 0) is 48.8 Å². The van der Waals surface area contributed by atoms with E-state index in [1.807, 2.05) is 61.5 Å². The predicted octanol–water partition coefficient (Wildman–Crippen LogP) is 6.37. The highest BCUT2D eigenvalue weighted by Gasteiger charge is 2.29. The van der Waals surface area contributed by atoms with Crippen molar-refractivity contribution < 1.29 is 9.53 Å². The van der Waals surface area contributed by atoms with E-state index in [9.17, 15) is 4.79 Å². The maximum atomic E-state index is 13.3. The molecule has 3 heteroatoms. The van der Waals surface area contributed by atoms with Crippen molar-refractivity contribution in [3.63, 3.8) is 0 Å². The highest BCUT2D eigenvalue weighted by Crippen LogP contribution is 2.36. The van der Waals surface area contributed by atoms with Crippen molar-refractivity contribution in [3.05, 3.63) is 101 Å². The number of ketones is 1. The third kappa shape index (κ3) is 5.86. The predicted molar refractivity (Wildman–Crippen MR) is 133 cm³/mol. The van der Waals surface area contributed by atoms with Crippen LogP contribution in [0.5, 0.6) is 5.75 Å². The number of benzene rings is 3. The largest absolute Gasteiger partial charge is 0.492 e. The Kier molecular flexibility index (Phi) is 8.64. The van der Waals surface area contributed by atoms with E-state index >= 15 is 0 Å². The average Bonchev–Trinajstić information content (AvgIpc) is 2.84. The Morgan fingerprint density at radius 3 is 2.12 bits per heavy atom. The van der Waals surface area contributed by atoms with Gasteiger partial charge in [0.15, 0.2) is 5.78 Å². The van der Waals surface area contributed by atoms with Gasteiger partial charge in [-0.1, -0.05) is 87.5 Å². The molecule has 0 aromatic heterocycles. The molecule has 0 spiro atoms. The Labute approximate surface area is 193 Å². The second-order valence-corrected chi connectivity index (χ2v) is 8.30. The maximum absolute atomic E-state index is 13.3. The summed E-state index contributed by atoms with van der Waals surface area (Å²) in [5, 5.41) is 0. The molecule has 0 amide bonds. The van der Waals surface area contributed by atoms with E-state index in [0.717, 1.165) is 42.1 Å². The molecular weight excluding hydrogens is 394 g/mol. The van der Waals surface area contributed by atoms with Gasteiger partial charge >= 0.3 is 0 Å². The van der Waals surface area contributed by atoms with E-state index in [1.54, 1.807) is 0 Å². The number of carbonyl (C=O) groups is 1. The van der Waals surface area contributed by atoms with Crippen LogP contribution < -0.4 is 4.74 Å². The van der Waals surface area contributed by atoms with Gasteiger partial charge in [-0.15, -0.1) is 0 Å². The molecule has 3 aromatic rings. The van der Waals surface area contributed by atoms with Crippen molar-refractivity contribution in [2.24, 2.45) is 5.92 Å². The summed E-state index contributed by atoms with van der Waals surface area (Å²) in [7, 11) is 0. The van der Waals surface area contributed by atoms with E-state index in [0.29, 0.717) is 6.61 Å². The second-order valence-electron chi connectivity index (χ2n) is 8.30. The minimum Gasteiger partial charge on any atom is -0.492 e. The number of ether oxygens (including phenoxy) is 1. The Morgan fingerprint density at radius 2 is 1.53 bits per heavy atom. The number of hydrogen-bond acceptors (Lipinski definition) is 3. The maximum Gasteiger partial charge on any atom is 0.166 e. The van der Waals surface area contributed by atoms with Crippen molar-refractivity contribution in [2.45, 2.75) is 33.6 Å². The molecule has 0 fully saturated rings. The zero-order chi connectivity index (χ0) is 22.9. The van der Waals surface area contributed by atoms with Crippen LogP contribution in [0.1, 0.15) is 53.7 Å². The van der Waals surface area contributed by atoms with Crippen LogP contribution in [0.25, 0.3) is 0 Å². The van der Waals surface area contributed by atoms with Crippen LogP contribution in [-0.2, 0) is 0 Å². The van der Waals surface area contributed by atoms with E-state index in [2.05, 4.69) is 49.9 Å². The van der Waals surface area contributed by atoms with Crippen molar-refractivity contribution >= 4 is 5.78 Å². The lowest BCUT2D eigenvalue weighted by molar-refractivity contribution is 0.0919. The standard InChI is InChI=1S/C29H35NO2/c1-5-30(6-2)19-20-32-26-17-18-27(22(3)21-26)28(24-13-9-7-10-14-24)23(4)29(31)25-15-11-8-12-16-25/h7-18,21,23,28H,5-6,19-20H2,1-4H3. The lowest BCUT2D eigenvalue weighted by Crippen LogP contribution is -2.27. The van der Waals surface area contributed by atoms with Crippen molar-refractivity contribution in [2.75, 3.05) is 26.2 Å². The lowest BCUT2D eigenvalue weighted by Gasteiger charge is -2.26. The number of carbonyl (C=O) groups excluding carboxylic acids is 1. The third-order valence-electron chi connectivity index (χ3n) is 6.28. The number of hydrogen-bond donors (Lipinski definition) is 0. The first kappa shape index (κ1) is 23.7. The van der Waals surface area contributed by atoms with Gasteiger partial charge in [0, 0.05) is 23.9 Å². The Morgan fingerprint density at radius 1 is 0.906 bits per heavy atom. The van der Waals surface area contributed by atoms with Crippen LogP contribution >= 0.6 is 0 Å². The van der Waals surface area contributed by atoms with Gasteiger partial charge in [0.2, 0.25) is 0 Å². The van der Waals surface area contributed by atoms with E-state index in [1.165, 1.54) is 5.56 Å². The second kappa shape index (κ2) is 11.6. The minimum absolute atomic E-state index is 0.0198. The molecule has 0 saturated carbocycles. The molecular formula is C29H35NO2. The van der Waals surface area contributed by atoms with Crippen LogP contribution in [0.2, 0.25) is 0 Å². The minimum atomic E-state index is -0.187. The highest BCUT2D eigenvalue weighted by molar-refractivity contribution is 5.98. The molecule has 0 aliphatic carbocycles. The zero-order valence-electron chi connectivity index (χ0n) is 19.8. The van der Waals surface area contributed by atoms with E-state index < -0.39 is 0 Å². The number of nitrogens with zero attached hydrogens (tertiary/aromatic N) is 1. The normalized spacial score (nSPS) is 13.0. The Hall–Kier alpha value is -2.91. The van der Waals surface area contributed by atoms with Crippen LogP contribution in [-0.4, -0.2) is 36.9 Å². The summed E-state index contributed by atoms with van der Waals surface area (Å²) in [6.45, 7) is 12.2. The molecule has 0 saturated heterocycles. The van der Waals surface area contributed by atoms with Gasteiger partial charge in [0.1, 0.15) is 12.4 Å². The molecule has 32 heavy (non-hydrogen) atoms. The summed E-state index contributed by atoms with van der Waals surface area (Å²) < 4.78 is 6.03. The fourth-order valence-electron chi connectivity index (χ4n) is 4.33. The molecule has 0 N–H and O–H groups in total. The van der Waals surface area contributed by atoms with Gasteiger partial charge in [-0.3, -0.25) is 4.79 Å². The summed E-state index contributed by atoms with van der Waals surface area (Å²) >= 11 is 0. The molecule has 168 valence electrons. The summed E-state index contributed by atoms with van der Waals surface area (Å²) in [5.41, 5.74) is 4.23. The number of rotatable bonds is 11. The quantitative estimate of drug-likeness (QED) is 0.332. The summed E-state index contributed by atoms with van der Waals surface area (Å²) in [5.74, 6) is 0.840. The summed E-state index contributed by atoms with van der Waals surface area (Å²) in [4.78, 5) is 15.7. The van der Waals surface area contributed by atoms with Gasteiger partial charge in [0.25, 0.3) is 0 Å². The number of likely N-dealkylation sites (N-methyl/N-ethyl adjacent to an activating group) is 1. The van der Waals surface area contributed by atoms with Crippen molar-refractivity contribution in [3.8, 4) is 5.75 Å². The Balaban J connectivity index is 1.86. The van der Waals surface area contributed by atoms with Gasteiger partial charge in [-0.25, -0.2) is 0 Å². The lowest BCUT2D eigenvalue weighted by atomic mass is 9.77. The SMILES string of the molecule is CCN(CC)CCOc1ccc(C(c2ccccc2)C(C)C(=O)c2ccccc2)c(C)c1. The van der Waals surface area contributed by atoms with Crippen LogP contribution in [0.3, 0.4) is 0 Å². The number of Topliss-reactive ketones (excluding diaryl/α,β-unsaturated/α-hetero) is 1. The molecule has 2 atom stereocenters. The van der Waals surface area contributed by atoms with E-state index in [-0.39, 0.29) is 17.6 Å². The van der Waals surface area contributed by atoms with Gasteiger partial charge in [-0.2, -0.15) is 0 Å². The zero-order valence-corrected chi connectivity index (χ0v) is 19.8. The molecule has 0 heterocycles. The molecule has 3 rings (SSSR count). The molecule has 0 aliphatic heterocycles. The molecule has 0 aliphatic rings. The van der Waals surface area contributed by atoms with Crippen molar-refractivity contribution in [1.82, 2.24) is 4.90 Å².